The van der Waals surface area contributed by atoms with E-state index in [0.717, 1.165) is 12.8 Å². The third-order valence-corrected chi connectivity index (χ3v) is 3.29. The Hall–Kier alpha value is -1.75. The van der Waals surface area contributed by atoms with Crippen molar-refractivity contribution >= 4 is 5.91 Å². The van der Waals surface area contributed by atoms with Gasteiger partial charge >= 0.3 is 0 Å². The zero-order chi connectivity index (χ0) is 13.8. The predicted octanol–water partition coefficient (Wildman–Crippen LogP) is 1.20. The molecule has 1 fully saturated rings. The Morgan fingerprint density at radius 2 is 2.16 bits per heavy atom. The number of hydrogen-bond acceptors (Lipinski definition) is 4. The Bertz CT molecular complexity index is 457. The van der Waals surface area contributed by atoms with Crippen molar-refractivity contribution in [3.8, 4) is 11.5 Å². The van der Waals surface area contributed by atoms with E-state index in [1.54, 1.807) is 18.2 Å². The number of ether oxygens (including phenoxy) is 2. The fourth-order valence-electron chi connectivity index (χ4n) is 2.01. The van der Waals surface area contributed by atoms with Crippen LogP contribution in [0.5, 0.6) is 11.5 Å². The zero-order valence-electron chi connectivity index (χ0n) is 11.2. The summed E-state index contributed by atoms with van der Waals surface area (Å²) in [6, 6.07) is 5.13. The summed E-state index contributed by atoms with van der Waals surface area (Å²) in [6.07, 6.45) is 1.62. The molecule has 0 bridgehead atoms. The van der Waals surface area contributed by atoms with Gasteiger partial charge in [0.1, 0.15) is 0 Å². The predicted molar refractivity (Wildman–Crippen MR) is 70.6 cm³/mol. The molecule has 19 heavy (non-hydrogen) atoms. The van der Waals surface area contributed by atoms with Crippen LogP contribution in [0, 0.1) is 5.92 Å². The molecule has 1 aromatic carbocycles. The Morgan fingerprint density at radius 1 is 1.42 bits per heavy atom. The van der Waals surface area contributed by atoms with Crippen LogP contribution in [0.25, 0.3) is 0 Å². The number of benzene rings is 1. The summed E-state index contributed by atoms with van der Waals surface area (Å²) in [5, 5.41) is 12.5. The Balaban J connectivity index is 2.05. The highest BCUT2D eigenvalue weighted by atomic mass is 16.5. The molecule has 2 rings (SSSR count). The number of para-hydroxylation sites is 1. The molecule has 1 saturated carbocycles. The molecule has 1 aliphatic carbocycles. The summed E-state index contributed by atoms with van der Waals surface area (Å²) in [5.74, 6) is 0.990. The van der Waals surface area contributed by atoms with E-state index in [9.17, 15) is 9.90 Å². The molecule has 1 aliphatic rings. The molecule has 0 saturated heterocycles. The van der Waals surface area contributed by atoms with E-state index in [4.69, 9.17) is 9.47 Å². The first-order valence-corrected chi connectivity index (χ1v) is 6.34. The van der Waals surface area contributed by atoms with Crippen LogP contribution in [-0.2, 0) is 0 Å². The number of methoxy groups -OCH3 is 2. The van der Waals surface area contributed by atoms with Crippen molar-refractivity contribution in [1.29, 1.82) is 0 Å². The minimum atomic E-state index is -0.458. The molecule has 0 aliphatic heterocycles. The zero-order valence-corrected chi connectivity index (χ0v) is 11.2. The fourth-order valence-corrected chi connectivity index (χ4v) is 2.01. The molecular weight excluding hydrogens is 246 g/mol. The molecule has 104 valence electrons. The number of aliphatic hydroxyl groups is 1. The van der Waals surface area contributed by atoms with Gasteiger partial charge in [-0.2, -0.15) is 0 Å². The van der Waals surface area contributed by atoms with E-state index >= 15 is 0 Å². The summed E-state index contributed by atoms with van der Waals surface area (Å²) in [5.41, 5.74) is 0.407. The maximum absolute atomic E-state index is 12.1. The third kappa shape index (κ3) is 3.17. The molecule has 1 aromatic rings. The molecule has 5 nitrogen and oxygen atoms in total. The van der Waals surface area contributed by atoms with Gasteiger partial charge in [-0.1, -0.05) is 6.07 Å². The summed E-state index contributed by atoms with van der Waals surface area (Å²) in [7, 11) is 3.02. The Kier molecular flexibility index (Phi) is 4.27. The highest BCUT2D eigenvalue weighted by Gasteiger charge is 2.30. The van der Waals surface area contributed by atoms with E-state index in [1.807, 2.05) is 0 Å². The van der Waals surface area contributed by atoms with E-state index < -0.39 is 6.10 Å². The van der Waals surface area contributed by atoms with Gasteiger partial charge < -0.3 is 19.9 Å². The Labute approximate surface area is 112 Å². The second kappa shape index (κ2) is 5.93. The van der Waals surface area contributed by atoms with Crippen LogP contribution in [0.4, 0.5) is 0 Å². The van der Waals surface area contributed by atoms with Crippen LogP contribution in [0.15, 0.2) is 18.2 Å². The molecule has 1 amide bonds. The quantitative estimate of drug-likeness (QED) is 0.811. The number of hydrogen-bond donors (Lipinski definition) is 2. The van der Waals surface area contributed by atoms with Crippen LogP contribution < -0.4 is 14.8 Å². The number of carbonyl (C=O) groups is 1. The first kappa shape index (κ1) is 13.7. The second-order valence-corrected chi connectivity index (χ2v) is 4.66. The van der Waals surface area contributed by atoms with Crippen LogP contribution in [0.1, 0.15) is 23.2 Å². The standard InChI is InChI=1S/C14H19NO4/c1-18-12-5-3-4-10(13(12)19-2)14(17)15-8-11(16)9-6-7-9/h3-5,9,11,16H,6-8H2,1-2H3,(H,15,17). The smallest absolute Gasteiger partial charge is 0.255 e. The van der Waals surface area contributed by atoms with Crippen molar-refractivity contribution in [2.75, 3.05) is 20.8 Å². The molecule has 0 aromatic heterocycles. The van der Waals surface area contributed by atoms with E-state index in [-0.39, 0.29) is 12.5 Å². The molecular formula is C14H19NO4. The first-order chi connectivity index (χ1) is 9.17. The van der Waals surface area contributed by atoms with Crippen molar-refractivity contribution in [1.82, 2.24) is 5.32 Å². The van der Waals surface area contributed by atoms with Crippen LogP contribution >= 0.6 is 0 Å². The van der Waals surface area contributed by atoms with Crippen LogP contribution in [0.3, 0.4) is 0 Å². The number of nitrogens with one attached hydrogen (secondary N) is 1. The third-order valence-electron chi connectivity index (χ3n) is 3.29. The van der Waals surface area contributed by atoms with E-state index in [0.29, 0.717) is 23.0 Å². The topological polar surface area (TPSA) is 67.8 Å². The van der Waals surface area contributed by atoms with E-state index in [2.05, 4.69) is 5.32 Å². The minimum absolute atomic E-state index is 0.268. The second-order valence-electron chi connectivity index (χ2n) is 4.66. The van der Waals surface area contributed by atoms with Gasteiger partial charge in [0.2, 0.25) is 0 Å². The average Bonchev–Trinajstić information content (AvgIpc) is 3.27. The minimum Gasteiger partial charge on any atom is -0.493 e. The monoisotopic (exact) mass is 265 g/mol. The van der Waals surface area contributed by atoms with Gasteiger partial charge in [0.25, 0.3) is 5.91 Å². The van der Waals surface area contributed by atoms with Gasteiger partial charge in [0, 0.05) is 6.54 Å². The molecule has 2 N–H and O–H groups in total. The van der Waals surface area contributed by atoms with Crippen molar-refractivity contribution in [3.05, 3.63) is 23.8 Å². The normalized spacial score (nSPS) is 15.7. The highest BCUT2D eigenvalue weighted by molar-refractivity contribution is 5.97. The summed E-state index contributed by atoms with van der Waals surface area (Å²) >= 11 is 0. The van der Waals surface area contributed by atoms with Gasteiger partial charge in [-0.25, -0.2) is 0 Å². The van der Waals surface area contributed by atoms with Crippen LogP contribution in [-0.4, -0.2) is 37.9 Å². The molecule has 1 unspecified atom stereocenters. The molecule has 0 radical (unpaired) electrons. The van der Waals surface area contributed by atoms with E-state index in [1.165, 1.54) is 14.2 Å². The number of rotatable bonds is 6. The molecule has 0 heterocycles. The van der Waals surface area contributed by atoms with Crippen molar-refractivity contribution < 1.29 is 19.4 Å². The van der Waals surface area contributed by atoms with Crippen molar-refractivity contribution in [3.63, 3.8) is 0 Å². The maximum Gasteiger partial charge on any atom is 0.255 e. The lowest BCUT2D eigenvalue weighted by atomic mass is 10.1. The fraction of sp³-hybridized carbons (Fsp3) is 0.500. The first-order valence-electron chi connectivity index (χ1n) is 6.34. The SMILES string of the molecule is COc1cccc(C(=O)NCC(O)C2CC2)c1OC. The average molecular weight is 265 g/mol. The van der Waals surface area contributed by atoms with Gasteiger partial charge in [0.15, 0.2) is 11.5 Å². The van der Waals surface area contributed by atoms with Crippen molar-refractivity contribution in [2.45, 2.75) is 18.9 Å². The van der Waals surface area contributed by atoms with Crippen LogP contribution in [0.2, 0.25) is 0 Å². The van der Waals surface area contributed by atoms with Gasteiger partial charge in [0.05, 0.1) is 25.9 Å². The lowest BCUT2D eigenvalue weighted by Gasteiger charge is -2.14. The molecule has 1 atom stereocenters. The van der Waals surface area contributed by atoms with Gasteiger partial charge in [-0.05, 0) is 30.9 Å². The lowest BCUT2D eigenvalue weighted by molar-refractivity contribution is 0.0897. The maximum atomic E-state index is 12.1. The Morgan fingerprint density at radius 3 is 2.74 bits per heavy atom. The van der Waals surface area contributed by atoms with Crippen molar-refractivity contribution in [2.24, 2.45) is 5.92 Å². The highest BCUT2D eigenvalue weighted by Crippen LogP contribution is 2.33. The van der Waals surface area contributed by atoms with Gasteiger partial charge in [-0.15, -0.1) is 0 Å². The summed E-state index contributed by atoms with van der Waals surface area (Å²) < 4.78 is 10.4. The number of aliphatic hydroxyl groups excluding tert-OH is 1. The van der Waals surface area contributed by atoms with Gasteiger partial charge in [-0.3, -0.25) is 4.79 Å². The lowest BCUT2D eigenvalue weighted by Crippen LogP contribution is -2.33. The molecule has 5 heteroatoms. The largest absolute Gasteiger partial charge is 0.493 e. The summed E-state index contributed by atoms with van der Waals surface area (Å²) in [6.45, 7) is 0.268. The summed E-state index contributed by atoms with van der Waals surface area (Å²) in [4.78, 5) is 12.1. The molecule has 0 spiro atoms. The number of amides is 1. The number of carbonyl (C=O) groups excluding carboxylic acids is 1.